The number of nitrogens with one attached hydrogen (secondary N) is 2. The van der Waals surface area contributed by atoms with Gasteiger partial charge in [0, 0.05) is 24.3 Å². The first-order valence-corrected chi connectivity index (χ1v) is 7.41. The third-order valence-corrected chi connectivity index (χ3v) is 5.08. The molecule has 1 aromatic rings. The van der Waals surface area contributed by atoms with Gasteiger partial charge >= 0.3 is 6.03 Å². The third kappa shape index (κ3) is 2.93. The summed E-state index contributed by atoms with van der Waals surface area (Å²) in [6, 6.07) is 9.25. The molecule has 118 valence electrons. The average molecular weight is 301 g/mol. The highest BCUT2D eigenvalue weighted by Gasteiger charge is 2.58. The van der Waals surface area contributed by atoms with E-state index in [9.17, 15) is 4.79 Å². The van der Waals surface area contributed by atoms with Crippen molar-refractivity contribution in [2.45, 2.75) is 45.3 Å². The van der Waals surface area contributed by atoms with Gasteiger partial charge in [0.1, 0.15) is 0 Å². The van der Waals surface area contributed by atoms with Gasteiger partial charge in [0.05, 0.1) is 18.1 Å². The van der Waals surface area contributed by atoms with Gasteiger partial charge < -0.3 is 15.4 Å². The van der Waals surface area contributed by atoms with Gasteiger partial charge in [-0.25, -0.2) is 4.79 Å². The first kappa shape index (κ1) is 16.3. The van der Waals surface area contributed by atoms with E-state index in [2.05, 4.69) is 37.5 Å². The van der Waals surface area contributed by atoms with Gasteiger partial charge in [-0.1, -0.05) is 26.0 Å². The van der Waals surface area contributed by atoms with Crippen LogP contribution in [-0.2, 0) is 11.2 Å². The van der Waals surface area contributed by atoms with E-state index in [1.807, 2.05) is 12.1 Å². The fraction of sp³-hybridized carbons (Fsp3) is 0.529. The van der Waals surface area contributed by atoms with Gasteiger partial charge in [-0.15, -0.1) is 0 Å². The van der Waals surface area contributed by atoms with Crippen LogP contribution in [0.1, 0.15) is 32.8 Å². The Kier molecular flexibility index (Phi) is 4.43. The molecule has 0 aromatic heterocycles. The van der Waals surface area contributed by atoms with E-state index in [-0.39, 0.29) is 23.1 Å². The number of methoxy groups -OCH3 is 1. The molecule has 2 rings (SSSR count). The largest absolute Gasteiger partial charge is 0.378 e. The minimum Gasteiger partial charge on any atom is -0.378 e. The summed E-state index contributed by atoms with van der Waals surface area (Å²) in [5.74, 6) is 0. The van der Waals surface area contributed by atoms with Crippen LogP contribution < -0.4 is 10.6 Å². The third-order valence-electron chi connectivity index (χ3n) is 5.08. The Labute approximate surface area is 131 Å². The molecule has 0 heterocycles. The number of nitriles is 1. The SMILES string of the molecule is CO[C@]1(C)C[C@H](NC(=O)Nc2ccc(CC#N)cc2)C1(C)C. The van der Waals surface area contributed by atoms with Crippen LogP contribution in [0.15, 0.2) is 24.3 Å². The number of hydrogen-bond acceptors (Lipinski definition) is 3. The summed E-state index contributed by atoms with van der Waals surface area (Å²) in [6.07, 6.45) is 1.17. The maximum atomic E-state index is 12.1. The summed E-state index contributed by atoms with van der Waals surface area (Å²) < 4.78 is 5.56. The van der Waals surface area contributed by atoms with E-state index < -0.39 is 0 Å². The van der Waals surface area contributed by atoms with Gasteiger partial charge in [0.25, 0.3) is 0 Å². The summed E-state index contributed by atoms with van der Waals surface area (Å²) in [5.41, 5.74) is 1.33. The Balaban J connectivity index is 1.90. The standard InChI is InChI=1S/C17H23N3O2/c1-16(2)14(11-17(16,3)22-4)20-15(21)19-13-7-5-12(6-8-13)9-10-18/h5-8,14H,9,11H2,1-4H3,(H2,19,20,21)/t14-,17+/m0/s1. The van der Waals surface area contributed by atoms with E-state index in [1.165, 1.54) is 0 Å². The highest BCUT2D eigenvalue weighted by Crippen LogP contribution is 2.51. The Morgan fingerprint density at radius 1 is 1.36 bits per heavy atom. The molecular weight excluding hydrogens is 278 g/mol. The number of carbonyl (C=O) groups is 1. The van der Waals surface area contributed by atoms with Crippen molar-refractivity contribution >= 4 is 11.7 Å². The van der Waals surface area contributed by atoms with Crippen molar-refractivity contribution < 1.29 is 9.53 Å². The van der Waals surface area contributed by atoms with Gasteiger partial charge in [0.15, 0.2) is 0 Å². The molecular formula is C17H23N3O2. The Hall–Kier alpha value is -2.06. The number of urea groups is 1. The predicted octanol–water partition coefficient (Wildman–Crippen LogP) is 3.08. The molecule has 1 aromatic carbocycles. The van der Waals surface area contributed by atoms with E-state index in [0.29, 0.717) is 12.1 Å². The fourth-order valence-electron chi connectivity index (χ4n) is 2.85. The van der Waals surface area contributed by atoms with Crippen LogP contribution in [0.4, 0.5) is 10.5 Å². The number of nitrogens with zero attached hydrogens (tertiary/aromatic N) is 1. The molecule has 2 amide bonds. The van der Waals surface area contributed by atoms with E-state index in [4.69, 9.17) is 10.00 Å². The molecule has 0 saturated heterocycles. The smallest absolute Gasteiger partial charge is 0.319 e. The predicted molar refractivity (Wildman–Crippen MR) is 85.5 cm³/mol. The normalized spacial score (nSPS) is 25.7. The minimum absolute atomic E-state index is 0.0790. The highest BCUT2D eigenvalue weighted by molar-refractivity contribution is 5.89. The van der Waals surface area contributed by atoms with Crippen molar-refractivity contribution in [3.63, 3.8) is 0 Å². The van der Waals surface area contributed by atoms with Crippen LogP contribution in [0.2, 0.25) is 0 Å². The summed E-state index contributed by atoms with van der Waals surface area (Å²) in [5, 5.41) is 14.5. The quantitative estimate of drug-likeness (QED) is 0.897. The Morgan fingerprint density at radius 3 is 2.50 bits per heavy atom. The maximum absolute atomic E-state index is 12.1. The monoisotopic (exact) mass is 301 g/mol. The second kappa shape index (κ2) is 5.98. The zero-order chi connectivity index (χ0) is 16.4. The van der Waals surface area contributed by atoms with Crippen LogP contribution in [0, 0.1) is 16.7 Å². The average Bonchev–Trinajstić information content (AvgIpc) is 2.48. The second-order valence-electron chi connectivity index (χ2n) is 6.54. The van der Waals surface area contributed by atoms with E-state index in [0.717, 1.165) is 12.0 Å². The molecule has 22 heavy (non-hydrogen) atoms. The number of rotatable bonds is 4. The van der Waals surface area contributed by atoms with Crippen molar-refractivity contribution in [2.75, 3.05) is 12.4 Å². The molecule has 5 nitrogen and oxygen atoms in total. The number of anilines is 1. The fourth-order valence-corrected chi connectivity index (χ4v) is 2.85. The van der Waals surface area contributed by atoms with Crippen molar-refractivity contribution in [3.8, 4) is 6.07 Å². The zero-order valence-corrected chi connectivity index (χ0v) is 13.6. The molecule has 0 unspecified atom stereocenters. The topological polar surface area (TPSA) is 74.2 Å². The lowest BCUT2D eigenvalue weighted by Crippen LogP contribution is -2.68. The molecule has 5 heteroatoms. The maximum Gasteiger partial charge on any atom is 0.319 e. The zero-order valence-electron chi connectivity index (χ0n) is 13.6. The Morgan fingerprint density at radius 2 is 2.00 bits per heavy atom. The van der Waals surface area contributed by atoms with E-state index in [1.54, 1.807) is 19.2 Å². The number of benzene rings is 1. The molecule has 0 aliphatic heterocycles. The highest BCUT2D eigenvalue weighted by atomic mass is 16.5. The summed E-state index contributed by atoms with van der Waals surface area (Å²) in [6.45, 7) is 6.26. The van der Waals surface area contributed by atoms with Crippen molar-refractivity contribution in [1.29, 1.82) is 5.26 Å². The van der Waals surface area contributed by atoms with Crippen molar-refractivity contribution in [1.82, 2.24) is 5.32 Å². The molecule has 1 fully saturated rings. The number of amides is 2. The number of ether oxygens (including phenoxy) is 1. The lowest BCUT2D eigenvalue weighted by molar-refractivity contribution is -0.177. The first-order valence-electron chi connectivity index (χ1n) is 7.41. The van der Waals surface area contributed by atoms with Gasteiger partial charge in [0.2, 0.25) is 0 Å². The van der Waals surface area contributed by atoms with Gasteiger partial charge in [-0.3, -0.25) is 0 Å². The molecule has 0 bridgehead atoms. The second-order valence-corrected chi connectivity index (χ2v) is 6.54. The molecule has 1 saturated carbocycles. The first-order chi connectivity index (χ1) is 10.3. The van der Waals surface area contributed by atoms with Crippen molar-refractivity contribution in [3.05, 3.63) is 29.8 Å². The molecule has 2 atom stereocenters. The molecule has 1 aliphatic carbocycles. The van der Waals surface area contributed by atoms with Crippen LogP contribution >= 0.6 is 0 Å². The number of carbonyl (C=O) groups excluding carboxylic acids is 1. The van der Waals surface area contributed by atoms with Crippen LogP contribution in [0.25, 0.3) is 0 Å². The van der Waals surface area contributed by atoms with Gasteiger partial charge in [-0.05, 0) is 31.0 Å². The number of hydrogen-bond donors (Lipinski definition) is 2. The summed E-state index contributed by atoms with van der Waals surface area (Å²) in [7, 11) is 1.71. The van der Waals surface area contributed by atoms with Crippen LogP contribution in [-0.4, -0.2) is 24.8 Å². The van der Waals surface area contributed by atoms with Crippen molar-refractivity contribution in [2.24, 2.45) is 5.41 Å². The van der Waals surface area contributed by atoms with Crippen LogP contribution in [0.3, 0.4) is 0 Å². The van der Waals surface area contributed by atoms with E-state index >= 15 is 0 Å². The molecule has 1 aliphatic rings. The van der Waals surface area contributed by atoms with Gasteiger partial charge in [-0.2, -0.15) is 5.26 Å². The lowest BCUT2D eigenvalue weighted by atomic mass is 9.56. The van der Waals surface area contributed by atoms with Crippen LogP contribution in [0.5, 0.6) is 0 Å². The summed E-state index contributed by atoms with van der Waals surface area (Å²) >= 11 is 0. The Bertz CT molecular complexity index is 589. The molecule has 0 spiro atoms. The minimum atomic E-state index is -0.218. The molecule has 2 N–H and O–H groups in total. The lowest BCUT2D eigenvalue weighted by Gasteiger charge is -2.59. The molecule has 0 radical (unpaired) electrons. The summed E-state index contributed by atoms with van der Waals surface area (Å²) in [4.78, 5) is 12.1.